The van der Waals surface area contributed by atoms with Gasteiger partial charge in [0.05, 0.1) is 11.6 Å². The molecule has 3 heterocycles. The van der Waals surface area contributed by atoms with Gasteiger partial charge in [0, 0.05) is 24.2 Å². The molecule has 0 saturated carbocycles. The van der Waals surface area contributed by atoms with E-state index < -0.39 is 23.5 Å². The number of carbonyl (C=O) groups is 2. The SMILES string of the molecule is O=C1C(=O)N(CCN2CCCC2)C(c2ccccc2F)/C1=C(\O)c1ccc2c(c1)OCCO2. The Morgan fingerprint density at radius 1 is 1.00 bits per heavy atom. The van der Waals surface area contributed by atoms with Crippen LogP contribution in [0, 0.1) is 5.82 Å². The summed E-state index contributed by atoms with van der Waals surface area (Å²) in [7, 11) is 0. The van der Waals surface area contributed by atoms with Crippen molar-refractivity contribution in [1.29, 1.82) is 0 Å². The number of halogens is 1. The molecule has 1 unspecified atom stereocenters. The van der Waals surface area contributed by atoms with Gasteiger partial charge in [-0.05, 0) is 50.2 Å². The van der Waals surface area contributed by atoms with Crippen LogP contribution >= 0.6 is 0 Å². The van der Waals surface area contributed by atoms with E-state index in [-0.39, 0.29) is 23.4 Å². The zero-order chi connectivity index (χ0) is 22.9. The maximum absolute atomic E-state index is 14.9. The average molecular weight is 452 g/mol. The van der Waals surface area contributed by atoms with Gasteiger partial charge < -0.3 is 24.4 Å². The van der Waals surface area contributed by atoms with Gasteiger partial charge in [0.25, 0.3) is 11.7 Å². The van der Waals surface area contributed by atoms with Gasteiger partial charge in [-0.25, -0.2) is 4.39 Å². The van der Waals surface area contributed by atoms with Crippen LogP contribution < -0.4 is 9.47 Å². The van der Waals surface area contributed by atoms with Gasteiger partial charge in [-0.2, -0.15) is 0 Å². The monoisotopic (exact) mass is 452 g/mol. The molecule has 0 radical (unpaired) electrons. The minimum Gasteiger partial charge on any atom is -0.507 e. The molecule has 0 bridgehead atoms. The van der Waals surface area contributed by atoms with Crippen molar-refractivity contribution in [1.82, 2.24) is 9.80 Å². The fourth-order valence-electron chi connectivity index (χ4n) is 4.73. The Morgan fingerprint density at radius 3 is 2.48 bits per heavy atom. The molecule has 1 N–H and O–H groups in total. The highest BCUT2D eigenvalue weighted by molar-refractivity contribution is 6.46. The number of aliphatic hydroxyl groups is 1. The second kappa shape index (κ2) is 8.86. The van der Waals surface area contributed by atoms with E-state index in [0.29, 0.717) is 36.8 Å². The van der Waals surface area contributed by atoms with Crippen LogP contribution in [0.25, 0.3) is 5.76 Å². The van der Waals surface area contributed by atoms with E-state index in [9.17, 15) is 19.1 Å². The summed E-state index contributed by atoms with van der Waals surface area (Å²) in [6.07, 6.45) is 2.19. The predicted molar refractivity (Wildman–Crippen MR) is 119 cm³/mol. The van der Waals surface area contributed by atoms with E-state index in [1.165, 1.54) is 11.0 Å². The zero-order valence-corrected chi connectivity index (χ0v) is 18.1. The number of Topliss-reactive ketones (excluding diaryl/α,β-unsaturated/α-hetero) is 1. The molecule has 0 aromatic heterocycles. The number of hydrogen-bond donors (Lipinski definition) is 1. The Morgan fingerprint density at radius 2 is 1.73 bits per heavy atom. The Labute approximate surface area is 191 Å². The van der Waals surface area contributed by atoms with Gasteiger partial charge in [-0.3, -0.25) is 9.59 Å². The predicted octanol–water partition coefficient (Wildman–Crippen LogP) is 3.11. The Hall–Kier alpha value is -3.39. The maximum atomic E-state index is 14.9. The molecular formula is C25H25FN2O5. The molecular weight excluding hydrogens is 427 g/mol. The number of fused-ring (bicyclic) bond motifs is 1. The minimum atomic E-state index is -1.01. The Balaban J connectivity index is 1.57. The number of ketones is 1. The number of ether oxygens (including phenoxy) is 2. The lowest BCUT2D eigenvalue weighted by Crippen LogP contribution is -2.37. The van der Waals surface area contributed by atoms with Crippen molar-refractivity contribution in [2.75, 3.05) is 39.4 Å². The van der Waals surface area contributed by atoms with Crippen molar-refractivity contribution < 1.29 is 28.6 Å². The number of rotatable bonds is 5. The first-order chi connectivity index (χ1) is 16.0. The largest absolute Gasteiger partial charge is 0.507 e. The summed E-state index contributed by atoms with van der Waals surface area (Å²) < 4.78 is 26.0. The number of amides is 1. The zero-order valence-electron chi connectivity index (χ0n) is 18.1. The summed E-state index contributed by atoms with van der Waals surface area (Å²) in [5.41, 5.74) is 0.360. The lowest BCUT2D eigenvalue weighted by atomic mass is 9.94. The summed E-state index contributed by atoms with van der Waals surface area (Å²) in [6, 6.07) is 9.84. The highest BCUT2D eigenvalue weighted by atomic mass is 19.1. The molecule has 2 fully saturated rings. The number of hydrogen-bond acceptors (Lipinski definition) is 6. The summed E-state index contributed by atoms with van der Waals surface area (Å²) in [4.78, 5) is 29.7. The molecule has 172 valence electrons. The molecule has 3 aliphatic rings. The van der Waals surface area contributed by atoms with Gasteiger partial charge in [0.1, 0.15) is 24.8 Å². The Bertz CT molecular complexity index is 1130. The summed E-state index contributed by atoms with van der Waals surface area (Å²) in [6.45, 7) is 3.52. The van der Waals surface area contributed by atoms with Crippen LogP contribution in [0.1, 0.15) is 30.0 Å². The quantitative estimate of drug-likeness (QED) is 0.427. The summed E-state index contributed by atoms with van der Waals surface area (Å²) in [5.74, 6) is -1.48. The second-order valence-electron chi connectivity index (χ2n) is 8.42. The first-order valence-corrected chi connectivity index (χ1v) is 11.2. The standard InChI is InChI=1S/C25H25FN2O5/c26-18-6-2-1-5-17(18)22-21(23(29)16-7-8-19-20(15-16)33-14-13-32-19)24(30)25(31)28(22)12-11-27-9-3-4-10-27/h1-2,5-8,15,22,29H,3-4,9-14H2/b23-21+. The highest BCUT2D eigenvalue weighted by Gasteiger charge is 2.47. The van der Waals surface area contributed by atoms with Crippen LogP contribution in [-0.2, 0) is 9.59 Å². The number of carbonyl (C=O) groups excluding carboxylic acids is 2. The smallest absolute Gasteiger partial charge is 0.295 e. The number of aliphatic hydroxyl groups excluding tert-OH is 1. The second-order valence-corrected chi connectivity index (χ2v) is 8.42. The lowest BCUT2D eigenvalue weighted by molar-refractivity contribution is -0.140. The molecule has 2 saturated heterocycles. The van der Waals surface area contributed by atoms with Crippen molar-refractivity contribution in [3.8, 4) is 11.5 Å². The molecule has 2 aromatic carbocycles. The van der Waals surface area contributed by atoms with Crippen molar-refractivity contribution in [3.63, 3.8) is 0 Å². The molecule has 1 amide bonds. The molecule has 33 heavy (non-hydrogen) atoms. The molecule has 3 aliphatic heterocycles. The number of likely N-dealkylation sites (tertiary alicyclic amines) is 2. The van der Waals surface area contributed by atoms with E-state index in [4.69, 9.17) is 9.47 Å². The van der Waals surface area contributed by atoms with Crippen molar-refractivity contribution in [2.45, 2.75) is 18.9 Å². The van der Waals surface area contributed by atoms with E-state index >= 15 is 0 Å². The van der Waals surface area contributed by atoms with E-state index in [1.807, 2.05) is 0 Å². The van der Waals surface area contributed by atoms with E-state index in [1.54, 1.807) is 36.4 Å². The fraction of sp³-hybridized carbons (Fsp3) is 0.360. The minimum absolute atomic E-state index is 0.122. The third kappa shape index (κ3) is 3.95. The highest BCUT2D eigenvalue weighted by Crippen LogP contribution is 2.41. The topological polar surface area (TPSA) is 79.3 Å². The van der Waals surface area contributed by atoms with E-state index in [0.717, 1.165) is 25.9 Å². The average Bonchev–Trinajstić information content (AvgIpc) is 3.44. The molecule has 8 heteroatoms. The molecule has 0 aliphatic carbocycles. The van der Waals surface area contributed by atoms with Crippen LogP contribution in [0.4, 0.5) is 4.39 Å². The van der Waals surface area contributed by atoms with Crippen molar-refractivity contribution >= 4 is 17.4 Å². The third-order valence-corrected chi connectivity index (χ3v) is 6.41. The fourth-order valence-corrected chi connectivity index (χ4v) is 4.73. The first-order valence-electron chi connectivity index (χ1n) is 11.2. The number of benzene rings is 2. The normalized spacial score (nSPS) is 22.2. The van der Waals surface area contributed by atoms with Crippen molar-refractivity contribution in [3.05, 3.63) is 65.0 Å². The van der Waals surface area contributed by atoms with Crippen LogP contribution in [0.15, 0.2) is 48.0 Å². The number of nitrogens with zero attached hydrogens (tertiary/aromatic N) is 2. The van der Waals surface area contributed by atoms with Gasteiger partial charge >= 0.3 is 0 Å². The maximum Gasteiger partial charge on any atom is 0.295 e. The lowest BCUT2D eigenvalue weighted by Gasteiger charge is -2.27. The molecule has 2 aromatic rings. The molecule has 7 nitrogen and oxygen atoms in total. The van der Waals surface area contributed by atoms with Crippen LogP contribution in [0.2, 0.25) is 0 Å². The van der Waals surface area contributed by atoms with Crippen LogP contribution in [0.3, 0.4) is 0 Å². The van der Waals surface area contributed by atoms with Gasteiger partial charge in [0.15, 0.2) is 11.5 Å². The third-order valence-electron chi connectivity index (χ3n) is 6.41. The first kappa shape index (κ1) is 21.5. The Kier molecular flexibility index (Phi) is 5.76. The van der Waals surface area contributed by atoms with Crippen LogP contribution in [-0.4, -0.2) is 66.0 Å². The summed E-state index contributed by atoms with van der Waals surface area (Å²) >= 11 is 0. The van der Waals surface area contributed by atoms with Gasteiger partial charge in [-0.1, -0.05) is 18.2 Å². The van der Waals surface area contributed by atoms with Crippen molar-refractivity contribution in [2.24, 2.45) is 0 Å². The van der Waals surface area contributed by atoms with Gasteiger partial charge in [-0.15, -0.1) is 0 Å². The molecule has 1 atom stereocenters. The molecule has 5 rings (SSSR count). The summed E-state index contributed by atoms with van der Waals surface area (Å²) in [5, 5.41) is 11.2. The van der Waals surface area contributed by atoms with Crippen LogP contribution in [0.5, 0.6) is 11.5 Å². The molecule has 0 spiro atoms. The van der Waals surface area contributed by atoms with Gasteiger partial charge in [0.2, 0.25) is 0 Å². The van der Waals surface area contributed by atoms with E-state index in [2.05, 4.69) is 4.90 Å².